The van der Waals surface area contributed by atoms with E-state index in [0.717, 1.165) is 70.9 Å². The van der Waals surface area contributed by atoms with Crippen LogP contribution < -0.4 is 39.7 Å². The first-order valence-electron chi connectivity index (χ1n) is 15.0. The topological polar surface area (TPSA) is 127 Å². The number of aromatic nitrogens is 4. The van der Waals surface area contributed by atoms with Crippen molar-refractivity contribution in [3.05, 3.63) is 70.6 Å². The Balaban J connectivity index is 0.998. The van der Waals surface area contributed by atoms with E-state index in [9.17, 15) is 4.79 Å². The molecule has 3 aliphatic rings. The summed E-state index contributed by atoms with van der Waals surface area (Å²) in [6.45, 7) is 8.76. The molecule has 4 aromatic rings. The minimum absolute atomic E-state index is 0.00967. The number of nitrogens with one attached hydrogen (secondary N) is 1. The van der Waals surface area contributed by atoms with Crippen LogP contribution in [0.5, 0.6) is 23.0 Å². The van der Waals surface area contributed by atoms with Gasteiger partial charge in [0, 0.05) is 49.7 Å². The third kappa shape index (κ3) is 5.62. The van der Waals surface area contributed by atoms with Crippen LogP contribution >= 0.6 is 0 Å². The van der Waals surface area contributed by atoms with Crippen LogP contribution in [0.4, 0.5) is 11.4 Å². The molecule has 1 aromatic heterocycles. The van der Waals surface area contributed by atoms with Crippen molar-refractivity contribution in [1.82, 2.24) is 30.3 Å². The standard InChI is InChI=1S/C32H32N8O4/c1-3-39-11-13-42-29-15-23-27(17-25(29)39)44-28-18-26-30(16-24(28)34-23)43-14-12-40(26)10-4-5-31(41)33-19-21-6-8-22(9-7-21)32-37-35-20(2)36-38-32/h6-9,15-18H,3-5,10-14,19H2,1-2H3/p+1. The summed E-state index contributed by atoms with van der Waals surface area (Å²) in [5, 5.41) is 20.7. The average Bonchev–Trinajstić information content (AvgIpc) is 3.05. The van der Waals surface area contributed by atoms with E-state index in [1.807, 2.05) is 48.5 Å². The van der Waals surface area contributed by atoms with Gasteiger partial charge in [-0.15, -0.1) is 20.4 Å². The lowest BCUT2D eigenvalue weighted by molar-refractivity contribution is -0.121. The number of hydrogen-bond acceptors (Lipinski definition) is 10. The normalized spacial score (nSPS) is 14.5. The molecule has 44 heavy (non-hydrogen) atoms. The predicted octanol–water partition coefficient (Wildman–Crippen LogP) is 2.50. The van der Waals surface area contributed by atoms with Crippen LogP contribution in [0.15, 0.2) is 53.5 Å². The molecule has 0 saturated heterocycles. The van der Waals surface area contributed by atoms with E-state index in [1.165, 1.54) is 0 Å². The van der Waals surface area contributed by atoms with Crippen LogP contribution in [0.2, 0.25) is 0 Å². The van der Waals surface area contributed by atoms with E-state index in [1.54, 1.807) is 6.92 Å². The largest absolute Gasteiger partial charge is 0.489 e. The summed E-state index contributed by atoms with van der Waals surface area (Å²) in [6, 6.07) is 15.6. The Hall–Kier alpha value is -5.13. The van der Waals surface area contributed by atoms with Crippen LogP contribution in [0, 0.1) is 6.92 Å². The lowest BCUT2D eigenvalue weighted by atomic mass is 10.1. The molecule has 4 heterocycles. The molecule has 0 unspecified atom stereocenters. The monoisotopic (exact) mass is 593 g/mol. The molecule has 0 radical (unpaired) electrons. The van der Waals surface area contributed by atoms with Gasteiger partial charge in [0.1, 0.15) is 36.6 Å². The molecule has 1 amide bonds. The number of carbonyl (C=O) groups is 1. The smallest absolute Gasteiger partial charge is 0.246 e. The highest BCUT2D eigenvalue weighted by Gasteiger charge is 2.25. The second-order valence-electron chi connectivity index (χ2n) is 10.9. The molecule has 0 atom stereocenters. The molecule has 12 heteroatoms. The van der Waals surface area contributed by atoms with Gasteiger partial charge in [0.2, 0.25) is 17.1 Å². The molecule has 0 fully saturated rings. The molecule has 0 bridgehead atoms. The van der Waals surface area contributed by atoms with Crippen molar-refractivity contribution < 1.29 is 19.0 Å². The molecule has 0 aliphatic carbocycles. The molecular formula is C32H33N8O4+. The van der Waals surface area contributed by atoms with Gasteiger partial charge in [-0.05, 0) is 19.4 Å². The Kier molecular flexibility index (Phi) is 7.47. The minimum Gasteiger partial charge on any atom is -0.489 e. The summed E-state index contributed by atoms with van der Waals surface area (Å²) in [7, 11) is 0. The number of carbonyl (C=O) groups excluding carboxylic acids is 1. The van der Waals surface area contributed by atoms with Crippen molar-refractivity contribution >= 4 is 17.3 Å². The van der Waals surface area contributed by atoms with E-state index in [-0.39, 0.29) is 5.91 Å². The van der Waals surface area contributed by atoms with Crippen molar-refractivity contribution in [2.75, 3.05) is 44.3 Å². The minimum atomic E-state index is 0.00967. The van der Waals surface area contributed by atoms with Gasteiger partial charge in [-0.2, -0.15) is 0 Å². The van der Waals surface area contributed by atoms with Crippen LogP contribution in [0.25, 0.3) is 11.4 Å². The highest BCUT2D eigenvalue weighted by atomic mass is 16.5. The maximum absolute atomic E-state index is 12.6. The predicted molar refractivity (Wildman–Crippen MR) is 162 cm³/mol. The fourth-order valence-electron chi connectivity index (χ4n) is 5.61. The third-order valence-electron chi connectivity index (χ3n) is 7.96. The zero-order valence-corrected chi connectivity index (χ0v) is 24.7. The first-order valence-corrected chi connectivity index (χ1v) is 15.0. The summed E-state index contributed by atoms with van der Waals surface area (Å²) in [6.07, 6.45) is 1.13. The SMILES string of the molecule is CCN1CCOc2cc3c(cc21)Oc1cc2c(cc1=N3)OCC[N+]=2CCCC(=O)NCc1ccc(-c2nnc(C)nn2)cc1. The van der Waals surface area contributed by atoms with E-state index in [0.29, 0.717) is 55.7 Å². The molecule has 12 nitrogen and oxygen atoms in total. The summed E-state index contributed by atoms with van der Waals surface area (Å²) in [4.78, 5) is 19.8. The number of fused-ring (bicyclic) bond motifs is 4. The molecule has 3 aromatic carbocycles. The zero-order valence-electron chi connectivity index (χ0n) is 24.7. The lowest BCUT2D eigenvalue weighted by Crippen LogP contribution is -2.41. The van der Waals surface area contributed by atoms with Crippen LogP contribution in [0.3, 0.4) is 0 Å². The van der Waals surface area contributed by atoms with Crippen LogP contribution in [-0.4, -0.2) is 65.7 Å². The van der Waals surface area contributed by atoms with Gasteiger partial charge in [0.05, 0.1) is 18.3 Å². The number of anilines is 1. The van der Waals surface area contributed by atoms with E-state index in [4.69, 9.17) is 19.2 Å². The first kappa shape index (κ1) is 27.7. The Bertz CT molecular complexity index is 1840. The maximum Gasteiger partial charge on any atom is 0.246 e. The van der Waals surface area contributed by atoms with Crippen molar-refractivity contribution in [3.8, 4) is 34.4 Å². The molecule has 1 N–H and O–H groups in total. The highest BCUT2D eigenvalue weighted by Crippen LogP contribution is 2.44. The molecule has 224 valence electrons. The number of aryl methyl sites for hydroxylation is 1. The number of ether oxygens (including phenoxy) is 3. The van der Waals surface area contributed by atoms with Crippen LogP contribution in [0.1, 0.15) is 31.2 Å². The molecular weight excluding hydrogens is 560 g/mol. The maximum atomic E-state index is 12.6. The number of amides is 1. The second kappa shape index (κ2) is 11.9. The Labute approximate surface area is 254 Å². The fourth-order valence-corrected chi connectivity index (χ4v) is 5.61. The molecule has 3 aliphatic heterocycles. The summed E-state index contributed by atoms with van der Waals surface area (Å²) in [5.41, 5.74) is 3.59. The summed E-state index contributed by atoms with van der Waals surface area (Å²) in [5.74, 6) is 4.02. The van der Waals surface area contributed by atoms with Gasteiger partial charge in [0.25, 0.3) is 0 Å². The number of benzene rings is 3. The van der Waals surface area contributed by atoms with Crippen LogP contribution in [-0.2, 0) is 11.3 Å². The second-order valence-corrected chi connectivity index (χ2v) is 10.9. The number of rotatable bonds is 8. The number of nitrogens with zero attached hydrogens (tertiary/aromatic N) is 7. The van der Waals surface area contributed by atoms with E-state index >= 15 is 0 Å². The van der Waals surface area contributed by atoms with Gasteiger partial charge in [-0.3, -0.25) is 4.79 Å². The Morgan fingerprint density at radius 1 is 0.955 bits per heavy atom. The zero-order chi connectivity index (χ0) is 30.0. The summed E-state index contributed by atoms with van der Waals surface area (Å²) < 4.78 is 20.5. The van der Waals surface area contributed by atoms with Gasteiger partial charge in [-0.25, -0.2) is 9.57 Å². The van der Waals surface area contributed by atoms with Gasteiger partial charge >= 0.3 is 0 Å². The van der Waals surface area contributed by atoms with Crippen molar-refractivity contribution in [2.45, 2.75) is 33.2 Å². The highest BCUT2D eigenvalue weighted by molar-refractivity contribution is 5.76. The molecule has 7 rings (SSSR count). The average molecular weight is 594 g/mol. The quantitative estimate of drug-likeness (QED) is 0.270. The molecule has 0 saturated carbocycles. The lowest BCUT2D eigenvalue weighted by Gasteiger charge is -2.31. The van der Waals surface area contributed by atoms with Gasteiger partial charge in [-0.1, -0.05) is 24.3 Å². The van der Waals surface area contributed by atoms with Gasteiger partial charge in [0.15, 0.2) is 29.6 Å². The van der Waals surface area contributed by atoms with Gasteiger partial charge < -0.3 is 24.4 Å². The van der Waals surface area contributed by atoms with Crippen molar-refractivity contribution in [1.29, 1.82) is 0 Å². The number of hydrogen-bond donors (Lipinski definition) is 1. The fraction of sp³-hybridized carbons (Fsp3) is 0.344. The van der Waals surface area contributed by atoms with E-state index in [2.05, 4.69) is 42.1 Å². The van der Waals surface area contributed by atoms with E-state index < -0.39 is 0 Å². The summed E-state index contributed by atoms with van der Waals surface area (Å²) >= 11 is 0. The molecule has 0 spiro atoms. The first-order chi connectivity index (χ1) is 21.5. The third-order valence-corrected chi connectivity index (χ3v) is 7.96. The van der Waals surface area contributed by atoms with Crippen molar-refractivity contribution in [2.24, 2.45) is 4.99 Å². The Morgan fingerprint density at radius 2 is 1.77 bits per heavy atom. The van der Waals surface area contributed by atoms with Crippen molar-refractivity contribution in [3.63, 3.8) is 0 Å². The Morgan fingerprint density at radius 3 is 2.59 bits per heavy atom. The number of likely N-dealkylation sites (N-methyl/N-ethyl adjacent to an activating group) is 1.